The van der Waals surface area contributed by atoms with Gasteiger partial charge in [-0.1, -0.05) is 17.7 Å². The number of amides is 1. The normalized spacial score (nSPS) is 13.3. The number of aromatic nitrogens is 1. The number of benzene rings is 1. The van der Waals surface area contributed by atoms with Gasteiger partial charge in [0.25, 0.3) is 5.91 Å². The van der Waals surface area contributed by atoms with Crippen LogP contribution in [0.15, 0.2) is 18.2 Å². The molecule has 1 aliphatic carbocycles. The summed E-state index contributed by atoms with van der Waals surface area (Å²) in [7, 11) is 0. The smallest absolute Gasteiger partial charge is 0.251 e. The monoisotopic (exact) mass is 332 g/mol. The number of rotatable bonds is 6. The average molecular weight is 333 g/mol. The van der Waals surface area contributed by atoms with Crippen LogP contribution in [-0.2, 0) is 17.6 Å². The number of nitrogens with one attached hydrogen (secondary N) is 1. The van der Waals surface area contributed by atoms with Crippen LogP contribution in [0.1, 0.15) is 41.4 Å². The van der Waals surface area contributed by atoms with E-state index in [1.165, 1.54) is 5.56 Å². The molecule has 1 aromatic carbocycles. The number of fused-ring (bicyclic) bond motifs is 2. The zero-order valence-electron chi connectivity index (χ0n) is 13.3. The summed E-state index contributed by atoms with van der Waals surface area (Å²) in [5.41, 5.74) is 3.68. The summed E-state index contributed by atoms with van der Waals surface area (Å²) >= 11 is 6.50. The number of halogens is 1. The van der Waals surface area contributed by atoms with E-state index < -0.39 is 0 Å². The Morgan fingerprint density at radius 3 is 3.09 bits per heavy atom. The van der Waals surface area contributed by atoms with Crippen molar-refractivity contribution in [3.05, 3.63) is 40.0 Å². The molecule has 0 atom stereocenters. The molecule has 1 heterocycles. The maximum absolute atomic E-state index is 12.2. The summed E-state index contributed by atoms with van der Waals surface area (Å²) in [6.07, 6.45) is 3.88. The lowest BCUT2D eigenvalue weighted by Crippen LogP contribution is -2.25. The Balaban J connectivity index is 1.75. The van der Waals surface area contributed by atoms with Crippen LogP contribution in [0.5, 0.6) is 0 Å². The molecule has 3 rings (SSSR count). The minimum absolute atomic E-state index is 0.0816. The number of nitrogens with zero attached hydrogens (tertiary/aromatic N) is 1. The van der Waals surface area contributed by atoms with Crippen molar-refractivity contribution in [2.75, 3.05) is 19.8 Å². The molecule has 0 spiro atoms. The molecular weight excluding hydrogens is 312 g/mol. The second kappa shape index (κ2) is 7.28. The van der Waals surface area contributed by atoms with E-state index in [0.717, 1.165) is 47.3 Å². The summed E-state index contributed by atoms with van der Waals surface area (Å²) in [6, 6.07) is 5.55. The molecule has 1 aliphatic rings. The van der Waals surface area contributed by atoms with Crippen molar-refractivity contribution in [1.29, 1.82) is 0 Å². The molecule has 0 saturated heterocycles. The molecule has 0 fully saturated rings. The van der Waals surface area contributed by atoms with Gasteiger partial charge in [0, 0.05) is 36.4 Å². The predicted octanol–water partition coefficient (Wildman–Crippen LogP) is 3.53. The standard InChI is InChI=1S/C18H21ClN2O2/c1-2-23-10-4-9-20-18(22)12-7-8-14-16(11-12)21-15-6-3-5-13(15)17(14)19/h7-8,11H,2-6,9-10H2,1H3,(H,20,22). The van der Waals surface area contributed by atoms with Gasteiger partial charge in [0.15, 0.2) is 0 Å². The molecule has 0 aliphatic heterocycles. The molecule has 2 aromatic rings. The molecule has 0 radical (unpaired) electrons. The van der Waals surface area contributed by atoms with Gasteiger partial charge in [0.05, 0.1) is 10.5 Å². The zero-order chi connectivity index (χ0) is 16.2. The van der Waals surface area contributed by atoms with Crippen molar-refractivity contribution in [2.45, 2.75) is 32.6 Å². The van der Waals surface area contributed by atoms with Crippen LogP contribution in [0.4, 0.5) is 0 Å². The van der Waals surface area contributed by atoms with Crippen molar-refractivity contribution in [3.8, 4) is 0 Å². The first kappa shape index (κ1) is 16.2. The van der Waals surface area contributed by atoms with E-state index in [-0.39, 0.29) is 5.91 Å². The van der Waals surface area contributed by atoms with Crippen LogP contribution in [-0.4, -0.2) is 30.6 Å². The fourth-order valence-corrected chi connectivity index (χ4v) is 3.33. The highest BCUT2D eigenvalue weighted by Gasteiger charge is 2.19. The Morgan fingerprint density at radius 1 is 1.39 bits per heavy atom. The van der Waals surface area contributed by atoms with Crippen LogP contribution in [0.25, 0.3) is 10.9 Å². The minimum Gasteiger partial charge on any atom is -0.382 e. The second-order valence-electron chi connectivity index (χ2n) is 5.74. The molecule has 23 heavy (non-hydrogen) atoms. The van der Waals surface area contributed by atoms with Crippen molar-refractivity contribution < 1.29 is 9.53 Å². The lowest BCUT2D eigenvalue weighted by molar-refractivity contribution is 0.0944. The number of ether oxygens (including phenoxy) is 1. The summed E-state index contributed by atoms with van der Waals surface area (Å²) in [6.45, 7) is 3.94. The van der Waals surface area contributed by atoms with Crippen LogP contribution in [0.2, 0.25) is 5.02 Å². The SMILES string of the molecule is CCOCCCNC(=O)c1ccc2c(Cl)c3c(nc2c1)CCC3. The fourth-order valence-electron chi connectivity index (χ4n) is 2.97. The van der Waals surface area contributed by atoms with Gasteiger partial charge in [-0.05, 0) is 50.3 Å². The van der Waals surface area contributed by atoms with Crippen LogP contribution < -0.4 is 5.32 Å². The molecule has 1 N–H and O–H groups in total. The highest BCUT2D eigenvalue weighted by atomic mass is 35.5. The molecular formula is C18H21ClN2O2. The average Bonchev–Trinajstić information content (AvgIpc) is 3.03. The first-order chi connectivity index (χ1) is 11.2. The third kappa shape index (κ3) is 3.48. The van der Waals surface area contributed by atoms with Crippen molar-refractivity contribution >= 4 is 28.4 Å². The van der Waals surface area contributed by atoms with Gasteiger partial charge in [-0.3, -0.25) is 9.78 Å². The molecule has 1 amide bonds. The first-order valence-corrected chi connectivity index (χ1v) is 8.55. The highest BCUT2D eigenvalue weighted by Crippen LogP contribution is 2.33. The number of aryl methyl sites for hydroxylation is 1. The van der Waals surface area contributed by atoms with Crippen molar-refractivity contribution in [2.24, 2.45) is 0 Å². The van der Waals surface area contributed by atoms with Gasteiger partial charge in [-0.25, -0.2) is 0 Å². The van der Waals surface area contributed by atoms with Gasteiger partial charge >= 0.3 is 0 Å². The fraction of sp³-hybridized carbons (Fsp3) is 0.444. The van der Waals surface area contributed by atoms with Gasteiger partial charge in [0.2, 0.25) is 0 Å². The summed E-state index contributed by atoms with van der Waals surface area (Å²) in [4.78, 5) is 16.9. The maximum Gasteiger partial charge on any atom is 0.251 e. The number of carbonyl (C=O) groups excluding carboxylic acids is 1. The zero-order valence-corrected chi connectivity index (χ0v) is 14.1. The quantitative estimate of drug-likeness (QED) is 0.823. The number of carbonyl (C=O) groups is 1. The van der Waals surface area contributed by atoms with E-state index >= 15 is 0 Å². The molecule has 0 unspecified atom stereocenters. The maximum atomic E-state index is 12.2. The Bertz CT molecular complexity index is 731. The predicted molar refractivity (Wildman–Crippen MR) is 92.2 cm³/mol. The van der Waals surface area contributed by atoms with E-state index in [1.807, 2.05) is 25.1 Å². The molecule has 0 bridgehead atoms. The number of pyridine rings is 1. The third-order valence-corrected chi connectivity index (χ3v) is 4.59. The summed E-state index contributed by atoms with van der Waals surface area (Å²) in [5, 5.41) is 4.64. The Labute approximate surface area is 141 Å². The number of hydrogen-bond donors (Lipinski definition) is 1. The number of hydrogen-bond acceptors (Lipinski definition) is 3. The van der Waals surface area contributed by atoms with E-state index in [0.29, 0.717) is 25.3 Å². The Kier molecular flexibility index (Phi) is 5.13. The Hall–Kier alpha value is -1.65. The topological polar surface area (TPSA) is 51.2 Å². The highest BCUT2D eigenvalue weighted by molar-refractivity contribution is 6.36. The molecule has 5 heteroatoms. The van der Waals surface area contributed by atoms with E-state index in [4.69, 9.17) is 21.3 Å². The van der Waals surface area contributed by atoms with Gasteiger partial charge < -0.3 is 10.1 Å². The second-order valence-corrected chi connectivity index (χ2v) is 6.12. The molecule has 0 saturated carbocycles. The van der Waals surface area contributed by atoms with Crippen LogP contribution in [0.3, 0.4) is 0 Å². The first-order valence-electron chi connectivity index (χ1n) is 8.17. The van der Waals surface area contributed by atoms with Gasteiger partial charge in [-0.15, -0.1) is 0 Å². The van der Waals surface area contributed by atoms with Crippen molar-refractivity contribution in [1.82, 2.24) is 10.3 Å². The largest absolute Gasteiger partial charge is 0.382 e. The summed E-state index contributed by atoms with van der Waals surface area (Å²) < 4.78 is 5.26. The minimum atomic E-state index is -0.0816. The van der Waals surface area contributed by atoms with E-state index in [2.05, 4.69) is 5.32 Å². The van der Waals surface area contributed by atoms with E-state index in [9.17, 15) is 4.79 Å². The summed E-state index contributed by atoms with van der Waals surface area (Å²) in [5.74, 6) is -0.0816. The van der Waals surface area contributed by atoms with Gasteiger partial charge in [0.1, 0.15) is 0 Å². The molecule has 1 aromatic heterocycles. The van der Waals surface area contributed by atoms with Crippen LogP contribution in [0, 0.1) is 0 Å². The van der Waals surface area contributed by atoms with Gasteiger partial charge in [-0.2, -0.15) is 0 Å². The van der Waals surface area contributed by atoms with Crippen molar-refractivity contribution in [3.63, 3.8) is 0 Å². The molecule has 122 valence electrons. The lowest BCUT2D eigenvalue weighted by atomic mass is 10.1. The lowest BCUT2D eigenvalue weighted by Gasteiger charge is -2.09. The Morgan fingerprint density at radius 2 is 2.26 bits per heavy atom. The van der Waals surface area contributed by atoms with Crippen LogP contribution >= 0.6 is 11.6 Å². The third-order valence-electron chi connectivity index (χ3n) is 4.16. The van der Waals surface area contributed by atoms with E-state index in [1.54, 1.807) is 0 Å². The molecule has 4 nitrogen and oxygen atoms in total.